The average Bonchev–Trinajstić information content (AvgIpc) is 1.57. The van der Waals surface area contributed by atoms with E-state index in [9.17, 15) is 0 Å². The second-order valence-electron chi connectivity index (χ2n) is 35.2. The summed E-state index contributed by atoms with van der Waals surface area (Å²) >= 11 is 0. The van der Waals surface area contributed by atoms with Crippen molar-refractivity contribution in [2.45, 2.75) is 0 Å². The number of nitrogens with zero attached hydrogens (tertiary/aromatic N) is 12. The molecule has 0 bridgehead atoms. The second kappa shape index (κ2) is 29.8. The molecule has 0 fully saturated rings. The molecule has 31 aromatic rings. The minimum Gasteiger partial charge on any atom is -0.437 e. The summed E-state index contributed by atoms with van der Waals surface area (Å²) in [6, 6.07) is 132. The molecular weight excluding hydrogens is 1680 g/mol. The maximum atomic E-state index is 6.66. The van der Waals surface area contributed by atoms with Crippen molar-refractivity contribution in [2.24, 2.45) is 0 Å². The number of pyridine rings is 3. The first-order valence-corrected chi connectivity index (χ1v) is 45.7. The first-order valence-electron chi connectivity index (χ1n) is 45.7. The van der Waals surface area contributed by atoms with Crippen LogP contribution in [0.4, 0.5) is 0 Å². The molecule has 15 heteroatoms. The molecule has 632 valence electrons. The van der Waals surface area contributed by atoms with Gasteiger partial charge in [-0.2, -0.15) is 0 Å². The molecule has 0 amide bonds. The fourth-order valence-electron chi connectivity index (χ4n) is 21.2. The molecule has 22 aromatic carbocycles. The van der Waals surface area contributed by atoms with Gasteiger partial charge in [-0.05, 0) is 168 Å². The van der Waals surface area contributed by atoms with Crippen LogP contribution in [0.15, 0.2) is 414 Å². The standard InChI is InChI=1S/C42H22N4O.2C40H22N4O/c1-3-8-26-20-29(16-12-23(26)6-1)39-44-40(30-17-13-24-7-2-4-9-27(24)21-30)46-41(45-39)33-22-28-15-14-25-10-5-11-31-32-18-19-43-42-36(32)37(38(33)47-42)35(28)34(25)31;1-3-9-24(10-4-1)37-42-38(25-11-5-2-6-12-25)44-39(43-37)28-15-7-14-26(21-28)31-22-27-18-17-23-13-8-16-29-30-19-20-41-40-34(30)35(36(31)45-40)33(27)32(23)29;1-3-8-25(9-4-1)37-42-38(26-10-5-2-6-11-26)44-39(43-37)27-17-14-23(15-18-27)31-22-28-19-16-24-12-7-13-29-30-20-21-41-40-34(30)35(36(31)45-40)33(28)32(24)29/h1-22H;2*1-22H. The number of hydrogen-bond acceptors (Lipinski definition) is 15. The Morgan fingerprint density at radius 1 is 0.139 bits per heavy atom. The maximum absolute atomic E-state index is 6.66. The summed E-state index contributed by atoms with van der Waals surface area (Å²) in [5.41, 5.74) is 16.8. The van der Waals surface area contributed by atoms with Crippen LogP contribution in [0, 0.1) is 0 Å². The van der Waals surface area contributed by atoms with Gasteiger partial charge in [-0.25, -0.2) is 59.8 Å². The largest absolute Gasteiger partial charge is 0.437 e. The van der Waals surface area contributed by atoms with E-state index >= 15 is 0 Å². The van der Waals surface area contributed by atoms with E-state index < -0.39 is 0 Å². The number of hydrogen-bond donors (Lipinski definition) is 0. The van der Waals surface area contributed by atoms with Gasteiger partial charge >= 0.3 is 0 Å². The minimum absolute atomic E-state index is 0.563. The van der Waals surface area contributed by atoms with E-state index in [0.717, 1.165) is 143 Å². The number of furan rings is 3. The van der Waals surface area contributed by atoms with Crippen LogP contribution in [0.1, 0.15) is 0 Å². The van der Waals surface area contributed by atoms with Gasteiger partial charge in [-0.3, -0.25) is 0 Å². The quantitative estimate of drug-likeness (QED) is 0.0876. The Bertz CT molecular complexity index is 10100. The Balaban J connectivity index is 0.0000000994. The monoisotopic (exact) mass is 1750 g/mol. The third-order valence-corrected chi connectivity index (χ3v) is 27.4. The van der Waals surface area contributed by atoms with E-state index in [-0.39, 0.29) is 0 Å². The smallest absolute Gasteiger partial charge is 0.227 e. The summed E-state index contributed by atoms with van der Waals surface area (Å²) in [6.45, 7) is 0. The van der Waals surface area contributed by atoms with Crippen molar-refractivity contribution >= 4 is 185 Å². The SMILES string of the molecule is c1ccc(-c2nc(-c3ccccc3)nc(-c3ccc(-c4cc5ccc6cccc7c8ccnc9oc4c(c98)c5c67)cc3)n2)cc1.c1ccc(-c2nc(-c3ccccc3)nc(-c3cccc(-c4cc5ccc6cccc7c8ccnc9oc4c(c98)c5c67)c3)n2)cc1.c1ccc2cc(-c3nc(-c4ccc5ccccc5c4)nc(-c4cc5ccc6cccc7c8ccnc9oc4c(c98)c5c67)n3)ccc2c1. The third kappa shape index (κ3) is 12.0. The lowest BCUT2D eigenvalue weighted by Gasteiger charge is -2.14. The lowest BCUT2D eigenvalue weighted by molar-refractivity contribution is 0.655. The Hall–Kier alpha value is -18.9. The van der Waals surface area contributed by atoms with Crippen LogP contribution in [0.25, 0.3) is 309 Å². The van der Waals surface area contributed by atoms with Crippen LogP contribution in [0.2, 0.25) is 0 Å². The highest BCUT2D eigenvalue weighted by Gasteiger charge is 2.30. The van der Waals surface area contributed by atoms with E-state index in [1.165, 1.54) is 97.0 Å². The van der Waals surface area contributed by atoms with Gasteiger partial charge in [0.25, 0.3) is 0 Å². The zero-order valence-electron chi connectivity index (χ0n) is 72.7. The summed E-state index contributed by atoms with van der Waals surface area (Å²) in [6.07, 6.45) is 5.53. The topological polar surface area (TPSA) is 194 Å². The number of rotatable bonds is 11. The molecule has 0 radical (unpaired) electrons. The van der Waals surface area contributed by atoms with Crippen LogP contribution in [-0.2, 0) is 0 Å². The van der Waals surface area contributed by atoms with Crippen molar-refractivity contribution in [3.63, 3.8) is 0 Å². The average molecular weight is 1750 g/mol. The van der Waals surface area contributed by atoms with E-state index in [2.05, 4.69) is 276 Å². The molecule has 9 heterocycles. The highest BCUT2D eigenvalue weighted by atomic mass is 16.3. The van der Waals surface area contributed by atoms with E-state index in [0.29, 0.717) is 69.6 Å². The summed E-state index contributed by atoms with van der Waals surface area (Å²) < 4.78 is 19.8. The second-order valence-corrected chi connectivity index (χ2v) is 35.2. The van der Waals surface area contributed by atoms with Gasteiger partial charge in [0.15, 0.2) is 52.4 Å². The zero-order valence-corrected chi connectivity index (χ0v) is 72.7. The molecule has 0 N–H and O–H groups in total. The summed E-state index contributed by atoms with van der Waals surface area (Å²) in [5.74, 6) is 5.60. The molecule has 0 aliphatic carbocycles. The number of aromatic nitrogens is 12. The molecule has 15 nitrogen and oxygen atoms in total. The Morgan fingerprint density at radius 3 is 0.781 bits per heavy atom. The lowest BCUT2D eigenvalue weighted by Crippen LogP contribution is -2.01. The van der Waals surface area contributed by atoms with Crippen molar-refractivity contribution in [2.75, 3.05) is 0 Å². The zero-order chi connectivity index (χ0) is 89.6. The molecule has 0 spiro atoms. The van der Waals surface area contributed by atoms with Gasteiger partial charge in [-0.15, -0.1) is 0 Å². The van der Waals surface area contributed by atoms with Crippen molar-refractivity contribution in [1.82, 2.24) is 59.8 Å². The predicted molar refractivity (Wildman–Crippen MR) is 554 cm³/mol. The van der Waals surface area contributed by atoms with Gasteiger partial charge in [0, 0.05) is 107 Å². The molecule has 31 rings (SSSR count). The number of benzene rings is 22. The molecule has 0 saturated carbocycles. The molecule has 9 aromatic heterocycles. The maximum Gasteiger partial charge on any atom is 0.227 e. The van der Waals surface area contributed by atoms with Crippen LogP contribution in [0.5, 0.6) is 0 Å². The fourth-order valence-corrected chi connectivity index (χ4v) is 21.2. The van der Waals surface area contributed by atoms with Crippen LogP contribution >= 0.6 is 0 Å². The van der Waals surface area contributed by atoms with Crippen molar-refractivity contribution in [3.8, 4) is 125 Å². The van der Waals surface area contributed by atoms with E-state index in [1.807, 2.05) is 140 Å². The van der Waals surface area contributed by atoms with E-state index in [1.54, 1.807) is 0 Å². The first-order chi connectivity index (χ1) is 67.9. The highest BCUT2D eigenvalue weighted by Crippen LogP contribution is 2.54. The van der Waals surface area contributed by atoms with Crippen molar-refractivity contribution in [3.05, 3.63) is 401 Å². The van der Waals surface area contributed by atoms with Gasteiger partial charge in [0.05, 0.1) is 21.7 Å². The normalized spacial score (nSPS) is 12.1. The highest BCUT2D eigenvalue weighted by molar-refractivity contribution is 6.43. The van der Waals surface area contributed by atoms with Gasteiger partial charge in [-0.1, -0.05) is 328 Å². The fraction of sp³-hybridized carbons (Fsp3) is 0. The molecule has 0 aliphatic heterocycles. The summed E-state index contributed by atoms with van der Waals surface area (Å²) in [4.78, 5) is 58.8. The van der Waals surface area contributed by atoms with Gasteiger partial charge in [0.2, 0.25) is 17.1 Å². The van der Waals surface area contributed by atoms with Crippen molar-refractivity contribution < 1.29 is 13.3 Å². The lowest BCUT2D eigenvalue weighted by atomic mass is 9.88. The van der Waals surface area contributed by atoms with E-state index in [4.69, 9.17) is 58.1 Å². The van der Waals surface area contributed by atoms with Crippen LogP contribution in [0.3, 0.4) is 0 Å². The summed E-state index contributed by atoms with van der Waals surface area (Å²) in [7, 11) is 0. The van der Waals surface area contributed by atoms with Gasteiger partial charge in [0.1, 0.15) is 16.7 Å². The van der Waals surface area contributed by atoms with Crippen LogP contribution < -0.4 is 0 Å². The van der Waals surface area contributed by atoms with Crippen LogP contribution in [-0.4, -0.2) is 59.8 Å². The summed E-state index contributed by atoms with van der Waals surface area (Å²) in [5, 5.41) is 32.9. The van der Waals surface area contributed by atoms with Crippen molar-refractivity contribution in [1.29, 1.82) is 0 Å². The number of fused-ring (bicyclic) bond motifs is 5. The predicted octanol–water partition coefficient (Wildman–Crippen LogP) is 31.1. The molecular formula is C122H66N12O3. The molecule has 0 aliphatic rings. The Morgan fingerprint density at radius 2 is 0.394 bits per heavy atom. The van der Waals surface area contributed by atoms with Gasteiger partial charge < -0.3 is 13.3 Å². The first kappa shape index (κ1) is 75.9. The minimum atomic E-state index is 0.563. The molecule has 0 saturated heterocycles. The Labute approximate surface area is 778 Å². The molecule has 137 heavy (non-hydrogen) atoms. The Kier molecular flexibility index (Phi) is 16.5. The third-order valence-electron chi connectivity index (χ3n) is 27.4. The molecule has 0 atom stereocenters. The molecule has 0 unspecified atom stereocenters.